The molecule has 1 aliphatic heterocycles. The quantitative estimate of drug-likeness (QED) is 0.606. The van der Waals surface area contributed by atoms with E-state index in [1.165, 1.54) is 12.1 Å². The molecule has 1 aliphatic carbocycles. The molecule has 4 nitrogen and oxygen atoms in total. The van der Waals surface area contributed by atoms with Crippen LogP contribution in [-0.4, -0.2) is 11.8 Å². The first kappa shape index (κ1) is 11.2. The number of nitrogens with two attached hydrogens (primary N) is 1. The number of rotatable bonds is 1. The van der Waals surface area contributed by atoms with Crippen LogP contribution in [0.3, 0.4) is 0 Å². The van der Waals surface area contributed by atoms with Gasteiger partial charge in [-0.1, -0.05) is 13.8 Å². The predicted molar refractivity (Wildman–Crippen MR) is 64.1 cm³/mol. The highest BCUT2D eigenvalue weighted by Crippen LogP contribution is 2.63. The molecule has 2 N–H and O–H groups in total. The van der Waals surface area contributed by atoms with E-state index in [9.17, 15) is 14.0 Å². The number of carbonyl (C=O) groups is 2. The van der Waals surface area contributed by atoms with Gasteiger partial charge >= 0.3 is 0 Å². The lowest BCUT2D eigenvalue weighted by molar-refractivity contribution is -0.125. The summed E-state index contributed by atoms with van der Waals surface area (Å²) in [5.74, 6) is -1.45. The van der Waals surface area contributed by atoms with Crippen LogP contribution in [0.5, 0.6) is 0 Å². The minimum atomic E-state index is -0.485. The average molecular weight is 248 g/mol. The van der Waals surface area contributed by atoms with Crippen LogP contribution in [0, 0.1) is 23.1 Å². The number of amides is 2. The van der Waals surface area contributed by atoms with E-state index in [0.29, 0.717) is 0 Å². The molecule has 1 saturated carbocycles. The van der Waals surface area contributed by atoms with Crippen molar-refractivity contribution in [3.8, 4) is 0 Å². The minimum absolute atomic E-state index is 0.107. The first-order chi connectivity index (χ1) is 8.35. The van der Waals surface area contributed by atoms with E-state index in [4.69, 9.17) is 5.73 Å². The topological polar surface area (TPSA) is 63.4 Å². The molecule has 2 fully saturated rings. The molecule has 2 unspecified atom stereocenters. The number of piperidine rings is 1. The van der Waals surface area contributed by atoms with Crippen LogP contribution < -0.4 is 10.6 Å². The van der Waals surface area contributed by atoms with E-state index >= 15 is 0 Å². The highest BCUT2D eigenvalue weighted by molar-refractivity contribution is 6.26. The second-order valence-electron chi connectivity index (χ2n) is 5.49. The number of anilines is 2. The monoisotopic (exact) mass is 248 g/mol. The van der Waals surface area contributed by atoms with Crippen molar-refractivity contribution in [2.24, 2.45) is 17.3 Å². The van der Waals surface area contributed by atoms with Gasteiger partial charge in [-0.3, -0.25) is 9.59 Å². The molecule has 0 spiro atoms. The maximum Gasteiger partial charge on any atom is 0.238 e. The van der Waals surface area contributed by atoms with Gasteiger partial charge in [0.15, 0.2) is 0 Å². The molecular formula is C13H13FN2O2. The molecule has 2 amide bonds. The van der Waals surface area contributed by atoms with Crippen LogP contribution in [0.4, 0.5) is 15.8 Å². The van der Waals surface area contributed by atoms with E-state index in [-0.39, 0.29) is 40.4 Å². The number of benzene rings is 1. The summed E-state index contributed by atoms with van der Waals surface area (Å²) >= 11 is 0. The van der Waals surface area contributed by atoms with Crippen molar-refractivity contribution in [1.29, 1.82) is 0 Å². The maximum absolute atomic E-state index is 13.0. The fourth-order valence-corrected chi connectivity index (χ4v) is 2.91. The van der Waals surface area contributed by atoms with Gasteiger partial charge in [0.2, 0.25) is 11.8 Å². The van der Waals surface area contributed by atoms with Crippen LogP contribution in [0.1, 0.15) is 13.8 Å². The lowest BCUT2D eigenvalue weighted by Gasteiger charge is -2.21. The van der Waals surface area contributed by atoms with E-state index in [0.717, 1.165) is 11.0 Å². The van der Waals surface area contributed by atoms with E-state index < -0.39 is 5.82 Å². The zero-order valence-electron chi connectivity index (χ0n) is 10.1. The van der Waals surface area contributed by atoms with E-state index in [1.807, 2.05) is 13.8 Å². The van der Waals surface area contributed by atoms with Crippen LogP contribution in [0.25, 0.3) is 0 Å². The fraction of sp³-hybridized carbons (Fsp3) is 0.385. The summed E-state index contributed by atoms with van der Waals surface area (Å²) in [5, 5.41) is 0. The largest absolute Gasteiger partial charge is 0.397 e. The molecular weight excluding hydrogens is 235 g/mol. The normalized spacial score (nSPS) is 28.5. The van der Waals surface area contributed by atoms with Gasteiger partial charge in [0.1, 0.15) is 5.82 Å². The maximum atomic E-state index is 13.0. The van der Waals surface area contributed by atoms with Gasteiger partial charge in [0.05, 0.1) is 23.2 Å². The predicted octanol–water partition coefficient (Wildman–Crippen LogP) is 1.55. The second kappa shape index (κ2) is 3.10. The number of halogens is 1. The SMILES string of the molecule is CC1(C)C2C(=O)N(c3ccc(F)cc3N)C(=O)C21. The number of imide groups is 1. The Morgan fingerprint density at radius 2 is 1.78 bits per heavy atom. The highest BCUT2D eigenvalue weighted by Gasteiger charge is 2.72. The Morgan fingerprint density at radius 3 is 2.28 bits per heavy atom. The molecule has 5 heteroatoms. The van der Waals surface area contributed by atoms with Crippen LogP contribution in [0.2, 0.25) is 0 Å². The third kappa shape index (κ3) is 1.19. The third-order valence-electron chi connectivity index (χ3n) is 4.03. The van der Waals surface area contributed by atoms with Crippen molar-refractivity contribution in [1.82, 2.24) is 0 Å². The number of hydrogen-bond donors (Lipinski definition) is 1. The third-order valence-corrected chi connectivity index (χ3v) is 4.03. The van der Waals surface area contributed by atoms with Crippen LogP contribution >= 0.6 is 0 Å². The minimum Gasteiger partial charge on any atom is -0.397 e. The van der Waals surface area contributed by atoms with Gasteiger partial charge in [-0.05, 0) is 23.6 Å². The number of carbonyl (C=O) groups excluding carboxylic acids is 2. The summed E-state index contributed by atoms with van der Waals surface area (Å²) in [7, 11) is 0. The summed E-state index contributed by atoms with van der Waals surface area (Å²) in [6.45, 7) is 3.81. The van der Waals surface area contributed by atoms with Gasteiger partial charge in [0, 0.05) is 0 Å². The lowest BCUT2D eigenvalue weighted by Crippen LogP contribution is -2.36. The van der Waals surface area contributed by atoms with E-state index in [1.54, 1.807) is 0 Å². The van der Waals surface area contributed by atoms with Gasteiger partial charge in [-0.15, -0.1) is 0 Å². The molecule has 3 rings (SSSR count). The highest BCUT2D eigenvalue weighted by atomic mass is 19.1. The Labute approximate surface area is 104 Å². The molecule has 0 bridgehead atoms. The Balaban J connectivity index is 2.01. The van der Waals surface area contributed by atoms with Gasteiger partial charge in [-0.2, -0.15) is 0 Å². The van der Waals surface area contributed by atoms with Crippen molar-refractivity contribution >= 4 is 23.2 Å². The van der Waals surface area contributed by atoms with E-state index in [2.05, 4.69) is 0 Å². The zero-order chi connectivity index (χ0) is 13.2. The van der Waals surface area contributed by atoms with Crippen molar-refractivity contribution in [3.63, 3.8) is 0 Å². The number of nitrogen functional groups attached to an aromatic ring is 1. The van der Waals surface area contributed by atoms with Gasteiger partial charge in [-0.25, -0.2) is 9.29 Å². The smallest absolute Gasteiger partial charge is 0.238 e. The van der Waals surface area contributed by atoms with Crippen molar-refractivity contribution in [3.05, 3.63) is 24.0 Å². The van der Waals surface area contributed by atoms with Gasteiger partial charge in [0.25, 0.3) is 0 Å². The van der Waals surface area contributed by atoms with Crippen molar-refractivity contribution in [2.45, 2.75) is 13.8 Å². The van der Waals surface area contributed by atoms with Crippen molar-refractivity contribution < 1.29 is 14.0 Å². The lowest BCUT2D eigenvalue weighted by atomic mass is 10.0. The molecule has 2 atom stereocenters. The Bertz CT molecular complexity index is 558. The fourth-order valence-electron chi connectivity index (χ4n) is 2.91. The molecule has 1 aromatic carbocycles. The molecule has 94 valence electrons. The molecule has 2 aliphatic rings. The summed E-state index contributed by atoms with van der Waals surface area (Å²) < 4.78 is 13.0. The Morgan fingerprint density at radius 1 is 1.22 bits per heavy atom. The van der Waals surface area contributed by atoms with Crippen LogP contribution in [-0.2, 0) is 9.59 Å². The number of nitrogens with zero attached hydrogens (tertiary/aromatic N) is 1. The molecule has 1 heterocycles. The summed E-state index contributed by atoms with van der Waals surface area (Å²) in [4.78, 5) is 25.4. The van der Waals surface area contributed by atoms with Crippen molar-refractivity contribution in [2.75, 3.05) is 10.6 Å². The number of hydrogen-bond acceptors (Lipinski definition) is 3. The summed E-state index contributed by atoms with van der Waals surface area (Å²) in [5.41, 5.74) is 5.81. The molecule has 1 aromatic rings. The summed E-state index contributed by atoms with van der Waals surface area (Å²) in [6.07, 6.45) is 0. The average Bonchev–Trinajstić information content (AvgIpc) is 2.72. The first-order valence-corrected chi connectivity index (χ1v) is 5.78. The van der Waals surface area contributed by atoms with Crippen LogP contribution in [0.15, 0.2) is 18.2 Å². The zero-order valence-corrected chi connectivity index (χ0v) is 10.1. The molecule has 1 saturated heterocycles. The molecule has 18 heavy (non-hydrogen) atoms. The standard InChI is InChI=1S/C13H13FN2O2/c1-13(2)9-10(13)12(18)16(11(9)17)8-4-3-6(14)5-7(8)15/h3-5,9-10H,15H2,1-2H3. The molecule has 0 aromatic heterocycles. The van der Waals surface area contributed by atoms with Gasteiger partial charge < -0.3 is 5.73 Å². The second-order valence-corrected chi connectivity index (χ2v) is 5.49. The number of fused-ring (bicyclic) bond motifs is 1. The Hall–Kier alpha value is -1.91. The Kier molecular flexibility index (Phi) is 1.93. The molecule has 0 radical (unpaired) electrons. The first-order valence-electron chi connectivity index (χ1n) is 5.78. The summed E-state index contributed by atoms with van der Waals surface area (Å²) in [6, 6.07) is 3.69.